The summed E-state index contributed by atoms with van der Waals surface area (Å²) in [5.41, 5.74) is 6.26. The van der Waals surface area contributed by atoms with Gasteiger partial charge in [0.1, 0.15) is 10.8 Å². The Morgan fingerprint density at radius 1 is 1.65 bits per heavy atom. The molecule has 0 fully saturated rings. The summed E-state index contributed by atoms with van der Waals surface area (Å²) in [4.78, 5) is 0.165. The lowest BCUT2D eigenvalue weighted by atomic mass is 10.2. The fourth-order valence-electron chi connectivity index (χ4n) is 1.18. The van der Waals surface area contributed by atoms with Crippen molar-refractivity contribution in [1.29, 1.82) is 0 Å². The maximum atomic E-state index is 13.6. The summed E-state index contributed by atoms with van der Waals surface area (Å²) in [6.07, 6.45) is 1.62. The number of thiocarbonyl (C=S) groups is 1. The van der Waals surface area contributed by atoms with Crippen molar-refractivity contribution in [3.05, 3.63) is 29.6 Å². The Labute approximate surface area is 108 Å². The molecule has 0 amide bonds. The van der Waals surface area contributed by atoms with Gasteiger partial charge in [0, 0.05) is 34.4 Å². The summed E-state index contributed by atoms with van der Waals surface area (Å²) in [5.74, 6) is -0.413. The fourth-order valence-corrected chi connectivity index (χ4v) is 1.63. The first-order valence-corrected chi connectivity index (χ1v) is 7.10. The molecule has 0 bridgehead atoms. The fraction of sp³-hybridized carbons (Fsp3) is 0.364. The van der Waals surface area contributed by atoms with E-state index in [0.717, 1.165) is 0 Å². The highest BCUT2D eigenvalue weighted by molar-refractivity contribution is 7.84. The number of benzene rings is 1. The number of hydrogen-bond acceptors (Lipinski definition) is 3. The minimum atomic E-state index is -0.928. The molecule has 94 valence electrons. The molecule has 2 atom stereocenters. The van der Waals surface area contributed by atoms with E-state index in [-0.39, 0.29) is 10.2 Å². The summed E-state index contributed by atoms with van der Waals surface area (Å²) in [5, 5.41) is 2.87. The third-order valence-corrected chi connectivity index (χ3v) is 3.94. The van der Waals surface area contributed by atoms with Crippen LogP contribution in [0.25, 0.3) is 0 Å². The van der Waals surface area contributed by atoms with E-state index < -0.39 is 16.6 Å². The van der Waals surface area contributed by atoms with Gasteiger partial charge in [-0.1, -0.05) is 12.2 Å². The van der Waals surface area contributed by atoms with Crippen LogP contribution in [0.2, 0.25) is 0 Å². The van der Waals surface area contributed by atoms with Crippen LogP contribution in [0.5, 0.6) is 0 Å². The lowest BCUT2D eigenvalue weighted by Crippen LogP contribution is -2.21. The number of hydrogen-bond donors (Lipinski definition) is 2. The van der Waals surface area contributed by atoms with Crippen molar-refractivity contribution in [2.45, 2.75) is 12.2 Å². The Morgan fingerprint density at radius 2 is 2.29 bits per heavy atom. The molecule has 3 nitrogen and oxygen atoms in total. The molecular weight excluding hydrogens is 259 g/mol. The van der Waals surface area contributed by atoms with Crippen LogP contribution >= 0.6 is 12.2 Å². The van der Waals surface area contributed by atoms with Gasteiger partial charge < -0.3 is 11.1 Å². The van der Waals surface area contributed by atoms with Crippen molar-refractivity contribution in [3.63, 3.8) is 0 Å². The van der Waals surface area contributed by atoms with Crippen LogP contribution in [0, 0.1) is 5.82 Å². The average molecular weight is 274 g/mol. The van der Waals surface area contributed by atoms with Crippen LogP contribution < -0.4 is 11.1 Å². The predicted molar refractivity (Wildman–Crippen MR) is 74.3 cm³/mol. The van der Waals surface area contributed by atoms with E-state index in [2.05, 4.69) is 5.32 Å². The van der Waals surface area contributed by atoms with Crippen molar-refractivity contribution in [2.24, 2.45) is 5.73 Å². The number of anilines is 1. The van der Waals surface area contributed by atoms with Gasteiger partial charge in [0.15, 0.2) is 0 Å². The third-order valence-electron chi connectivity index (χ3n) is 2.40. The quantitative estimate of drug-likeness (QED) is 0.802. The highest BCUT2D eigenvalue weighted by Crippen LogP contribution is 2.16. The molecule has 0 saturated heterocycles. The van der Waals surface area contributed by atoms with E-state index >= 15 is 0 Å². The zero-order chi connectivity index (χ0) is 13.0. The minimum absolute atomic E-state index is 0.0374. The number of nitrogens with two attached hydrogens (primary N) is 1. The molecule has 2 unspecified atom stereocenters. The standard InChI is InChI=1S/C11H15FN2OS2/c1-7(17(2)15)6-14-10-4-3-8(11(13)16)5-9(10)12/h3-5,7,14H,6H2,1-2H3,(H2,13,16). The summed E-state index contributed by atoms with van der Waals surface area (Å²) in [6, 6.07) is 4.52. The van der Waals surface area contributed by atoms with E-state index in [0.29, 0.717) is 17.8 Å². The Hall–Kier alpha value is -1.01. The lowest BCUT2D eigenvalue weighted by molar-refractivity contribution is 0.629. The van der Waals surface area contributed by atoms with Crippen LogP contribution in [-0.4, -0.2) is 27.2 Å². The number of halogens is 1. The molecule has 0 aliphatic carbocycles. The molecule has 0 aliphatic heterocycles. The van der Waals surface area contributed by atoms with Gasteiger partial charge in [0.05, 0.1) is 5.69 Å². The molecule has 0 aromatic heterocycles. The molecule has 0 saturated carbocycles. The van der Waals surface area contributed by atoms with Crippen LogP contribution in [0.1, 0.15) is 12.5 Å². The second-order valence-corrected chi connectivity index (χ2v) is 5.99. The van der Waals surface area contributed by atoms with Gasteiger partial charge in [0.2, 0.25) is 0 Å². The molecule has 0 radical (unpaired) electrons. The zero-order valence-corrected chi connectivity index (χ0v) is 11.3. The molecule has 6 heteroatoms. The second-order valence-electron chi connectivity index (χ2n) is 3.75. The largest absolute Gasteiger partial charge is 0.389 e. The summed E-state index contributed by atoms with van der Waals surface area (Å²) in [7, 11) is -0.928. The van der Waals surface area contributed by atoms with Gasteiger partial charge in [-0.15, -0.1) is 0 Å². The first-order chi connectivity index (χ1) is 7.91. The lowest BCUT2D eigenvalue weighted by Gasteiger charge is -2.12. The van der Waals surface area contributed by atoms with Crippen LogP contribution in [0.3, 0.4) is 0 Å². The topological polar surface area (TPSA) is 55.1 Å². The highest BCUT2D eigenvalue weighted by atomic mass is 32.2. The van der Waals surface area contributed by atoms with E-state index in [1.165, 1.54) is 6.07 Å². The van der Waals surface area contributed by atoms with Gasteiger partial charge in [-0.05, 0) is 25.1 Å². The molecule has 0 aliphatic rings. The van der Waals surface area contributed by atoms with Crippen molar-refractivity contribution >= 4 is 33.7 Å². The maximum Gasteiger partial charge on any atom is 0.146 e. The van der Waals surface area contributed by atoms with Crippen molar-refractivity contribution in [2.75, 3.05) is 18.1 Å². The van der Waals surface area contributed by atoms with E-state index in [9.17, 15) is 8.60 Å². The van der Waals surface area contributed by atoms with Crippen molar-refractivity contribution in [3.8, 4) is 0 Å². The number of nitrogens with one attached hydrogen (secondary N) is 1. The van der Waals surface area contributed by atoms with Crippen LogP contribution in [0.15, 0.2) is 18.2 Å². The maximum absolute atomic E-state index is 13.6. The molecular formula is C11H15FN2OS2. The molecule has 1 aromatic rings. The Kier molecular flexibility index (Phi) is 5.02. The Bertz CT molecular complexity index is 451. The molecule has 1 aromatic carbocycles. The Balaban J connectivity index is 2.73. The highest BCUT2D eigenvalue weighted by Gasteiger charge is 2.08. The third kappa shape index (κ3) is 4.05. The van der Waals surface area contributed by atoms with E-state index in [4.69, 9.17) is 18.0 Å². The SMILES string of the molecule is CC(CNc1ccc(C(N)=S)cc1F)S(C)=O. The average Bonchev–Trinajstić information content (AvgIpc) is 2.26. The van der Waals surface area contributed by atoms with Gasteiger partial charge in [-0.25, -0.2) is 4.39 Å². The van der Waals surface area contributed by atoms with E-state index in [1.807, 2.05) is 6.92 Å². The monoisotopic (exact) mass is 274 g/mol. The number of rotatable bonds is 5. The van der Waals surface area contributed by atoms with Crippen molar-refractivity contribution < 1.29 is 8.60 Å². The van der Waals surface area contributed by atoms with Crippen molar-refractivity contribution in [1.82, 2.24) is 0 Å². The molecule has 0 spiro atoms. The van der Waals surface area contributed by atoms with Gasteiger partial charge in [-0.2, -0.15) is 0 Å². The molecule has 1 rings (SSSR count). The molecule has 0 heterocycles. The minimum Gasteiger partial charge on any atom is -0.389 e. The summed E-state index contributed by atoms with van der Waals surface area (Å²) < 4.78 is 24.7. The van der Waals surface area contributed by atoms with Gasteiger partial charge in [0.25, 0.3) is 0 Å². The normalized spacial score (nSPS) is 14.1. The first-order valence-electron chi connectivity index (χ1n) is 5.07. The Morgan fingerprint density at radius 3 is 2.76 bits per heavy atom. The zero-order valence-electron chi connectivity index (χ0n) is 9.70. The summed E-state index contributed by atoms with van der Waals surface area (Å²) in [6.45, 7) is 2.29. The van der Waals surface area contributed by atoms with E-state index in [1.54, 1.807) is 18.4 Å². The first kappa shape index (κ1) is 14.1. The molecule has 17 heavy (non-hydrogen) atoms. The second kappa shape index (κ2) is 6.07. The van der Waals surface area contributed by atoms with Gasteiger partial charge >= 0.3 is 0 Å². The summed E-state index contributed by atoms with van der Waals surface area (Å²) >= 11 is 4.76. The van der Waals surface area contributed by atoms with Crippen LogP contribution in [0.4, 0.5) is 10.1 Å². The molecule has 3 N–H and O–H groups in total. The van der Waals surface area contributed by atoms with Crippen LogP contribution in [-0.2, 0) is 10.8 Å². The smallest absolute Gasteiger partial charge is 0.146 e. The predicted octanol–water partition coefficient (Wildman–Crippen LogP) is 1.64. The van der Waals surface area contributed by atoms with Gasteiger partial charge in [-0.3, -0.25) is 4.21 Å².